The Labute approximate surface area is 147 Å². The number of piperidine rings is 1. The van der Waals surface area contributed by atoms with Crippen LogP contribution in [0.25, 0.3) is 0 Å². The van der Waals surface area contributed by atoms with Gasteiger partial charge < -0.3 is 14.9 Å². The third-order valence-electron chi connectivity index (χ3n) is 5.32. The summed E-state index contributed by atoms with van der Waals surface area (Å²) < 4.78 is 0. The number of rotatable bonds is 4. The zero-order chi connectivity index (χ0) is 18.0. The number of carboxylic acid groups (broad SMARTS) is 1. The Bertz CT molecular complexity index is 675. The summed E-state index contributed by atoms with van der Waals surface area (Å²) in [5.74, 6) is -1.06. The Balaban J connectivity index is 1.88. The summed E-state index contributed by atoms with van der Waals surface area (Å²) in [5.41, 5.74) is -0.130. The van der Waals surface area contributed by atoms with Crippen LogP contribution < -0.4 is 0 Å². The smallest absolute Gasteiger partial charge is 0.311 e. The maximum Gasteiger partial charge on any atom is 0.311 e. The number of nitrogens with zero attached hydrogens (tertiary/aromatic N) is 2. The van der Waals surface area contributed by atoms with Crippen molar-refractivity contribution in [3.05, 3.63) is 35.9 Å². The van der Waals surface area contributed by atoms with Crippen LogP contribution in [0.3, 0.4) is 0 Å². The van der Waals surface area contributed by atoms with E-state index in [1.807, 2.05) is 30.3 Å². The number of amides is 2. The number of likely N-dealkylation sites (tertiary alicyclic amines) is 2. The first-order valence-electron chi connectivity index (χ1n) is 8.79. The zero-order valence-electron chi connectivity index (χ0n) is 14.5. The van der Waals surface area contributed by atoms with Gasteiger partial charge in [0, 0.05) is 26.1 Å². The third kappa shape index (κ3) is 3.38. The van der Waals surface area contributed by atoms with E-state index in [4.69, 9.17) is 0 Å². The second-order valence-electron chi connectivity index (χ2n) is 7.23. The molecule has 0 saturated carbocycles. The molecular weight excluding hydrogens is 320 g/mol. The molecule has 2 fully saturated rings. The van der Waals surface area contributed by atoms with Crippen molar-refractivity contribution in [2.24, 2.45) is 5.41 Å². The van der Waals surface area contributed by atoms with Gasteiger partial charge in [-0.3, -0.25) is 14.4 Å². The van der Waals surface area contributed by atoms with Crippen LogP contribution >= 0.6 is 0 Å². The van der Waals surface area contributed by atoms with E-state index in [-0.39, 0.29) is 18.4 Å². The SMILES string of the molecule is C[C@]1(C(=O)O)CCN(C(=O)[C@@H](c2ccccc2)N2CCCCC2=O)C1. The summed E-state index contributed by atoms with van der Waals surface area (Å²) in [6, 6.07) is 8.64. The van der Waals surface area contributed by atoms with E-state index in [0.29, 0.717) is 25.9 Å². The minimum atomic E-state index is -0.914. The van der Waals surface area contributed by atoms with E-state index >= 15 is 0 Å². The zero-order valence-corrected chi connectivity index (χ0v) is 14.5. The molecule has 3 rings (SSSR count). The molecule has 2 atom stereocenters. The fourth-order valence-electron chi connectivity index (χ4n) is 3.69. The van der Waals surface area contributed by atoms with Gasteiger partial charge in [-0.1, -0.05) is 30.3 Å². The molecule has 0 unspecified atom stereocenters. The van der Waals surface area contributed by atoms with Gasteiger partial charge in [0.25, 0.3) is 0 Å². The molecule has 1 aromatic rings. The average molecular weight is 344 g/mol. The average Bonchev–Trinajstić information content (AvgIpc) is 3.02. The lowest BCUT2D eigenvalue weighted by atomic mass is 9.90. The van der Waals surface area contributed by atoms with Gasteiger partial charge in [-0.05, 0) is 31.7 Å². The molecular formula is C19H24N2O4. The fourth-order valence-corrected chi connectivity index (χ4v) is 3.69. The summed E-state index contributed by atoms with van der Waals surface area (Å²) in [4.78, 5) is 40.4. The molecule has 2 amide bonds. The number of benzene rings is 1. The number of hydrogen-bond acceptors (Lipinski definition) is 3. The summed E-state index contributed by atoms with van der Waals surface area (Å²) in [6.45, 7) is 2.83. The lowest BCUT2D eigenvalue weighted by Crippen LogP contribution is -2.47. The Morgan fingerprint density at radius 1 is 1.16 bits per heavy atom. The molecule has 2 aliphatic heterocycles. The number of carboxylic acids is 1. The number of carbonyl (C=O) groups is 3. The topological polar surface area (TPSA) is 77.9 Å². The molecule has 1 aromatic carbocycles. The molecule has 1 N–H and O–H groups in total. The van der Waals surface area contributed by atoms with E-state index in [1.54, 1.807) is 16.7 Å². The predicted molar refractivity (Wildman–Crippen MR) is 91.7 cm³/mol. The molecule has 0 radical (unpaired) electrons. The summed E-state index contributed by atoms with van der Waals surface area (Å²) in [5, 5.41) is 9.42. The molecule has 2 heterocycles. The molecule has 2 aliphatic rings. The van der Waals surface area contributed by atoms with Crippen LogP contribution in [0, 0.1) is 5.41 Å². The van der Waals surface area contributed by atoms with E-state index in [9.17, 15) is 19.5 Å². The van der Waals surface area contributed by atoms with Gasteiger partial charge in [0.15, 0.2) is 0 Å². The molecule has 134 valence electrons. The quantitative estimate of drug-likeness (QED) is 0.907. The highest BCUT2D eigenvalue weighted by molar-refractivity contribution is 5.90. The molecule has 0 bridgehead atoms. The molecule has 2 saturated heterocycles. The maximum absolute atomic E-state index is 13.2. The molecule has 6 heteroatoms. The molecule has 0 aliphatic carbocycles. The highest BCUT2D eigenvalue weighted by Crippen LogP contribution is 2.34. The van der Waals surface area contributed by atoms with Gasteiger partial charge in [0.05, 0.1) is 5.41 Å². The minimum absolute atomic E-state index is 0.00588. The van der Waals surface area contributed by atoms with E-state index in [2.05, 4.69) is 0 Å². The van der Waals surface area contributed by atoms with Crippen molar-refractivity contribution in [2.75, 3.05) is 19.6 Å². The Kier molecular flexibility index (Phi) is 4.79. The number of hydrogen-bond donors (Lipinski definition) is 1. The molecule has 25 heavy (non-hydrogen) atoms. The Hall–Kier alpha value is -2.37. The van der Waals surface area contributed by atoms with Crippen molar-refractivity contribution in [3.63, 3.8) is 0 Å². The van der Waals surface area contributed by atoms with Crippen LogP contribution in [0.15, 0.2) is 30.3 Å². The molecule has 0 aromatic heterocycles. The van der Waals surface area contributed by atoms with Gasteiger partial charge in [-0.15, -0.1) is 0 Å². The standard InChI is InChI=1S/C19H24N2O4/c1-19(18(24)25)10-12-20(13-19)17(23)16(14-7-3-2-4-8-14)21-11-6-5-9-15(21)22/h2-4,7-8,16H,5-6,9-13H2,1H3,(H,24,25)/t16-,19+/m1/s1. The van der Waals surface area contributed by atoms with E-state index in [0.717, 1.165) is 18.4 Å². The predicted octanol–water partition coefficient (Wildman–Crippen LogP) is 2.06. The van der Waals surface area contributed by atoms with E-state index in [1.165, 1.54) is 0 Å². The monoisotopic (exact) mass is 344 g/mol. The first kappa shape index (κ1) is 17.5. The van der Waals surface area contributed by atoms with E-state index < -0.39 is 17.4 Å². The van der Waals surface area contributed by atoms with Gasteiger partial charge in [0.2, 0.25) is 11.8 Å². The van der Waals surface area contributed by atoms with Crippen molar-refractivity contribution >= 4 is 17.8 Å². The van der Waals surface area contributed by atoms with Crippen LogP contribution in [-0.4, -0.2) is 52.3 Å². The highest BCUT2D eigenvalue weighted by atomic mass is 16.4. The number of aliphatic carboxylic acids is 1. The van der Waals surface area contributed by atoms with Gasteiger partial charge in [-0.25, -0.2) is 0 Å². The van der Waals surface area contributed by atoms with Crippen LogP contribution in [0.4, 0.5) is 0 Å². The Morgan fingerprint density at radius 3 is 2.48 bits per heavy atom. The van der Waals surface area contributed by atoms with Gasteiger partial charge >= 0.3 is 5.97 Å². The summed E-state index contributed by atoms with van der Waals surface area (Å²) >= 11 is 0. The van der Waals surface area contributed by atoms with Crippen LogP contribution in [-0.2, 0) is 14.4 Å². The van der Waals surface area contributed by atoms with Crippen molar-refractivity contribution in [3.8, 4) is 0 Å². The van der Waals surface area contributed by atoms with Crippen molar-refractivity contribution < 1.29 is 19.5 Å². The van der Waals surface area contributed by atoms with Crippen molar-refractivity contribution in [2.45, 2.75) is 38.6 Å². The van der Waals surface area contributed by atoms with Crippen LogP contribution in [0.2, 0.25) is 0 Å². The normalized spacial score (nSPS) is 25.1. The second-order valence-corrected chi connectivity index (χ2v) is 7.23. The van der Waals surface area contributed by atoms with Gasteiger partial charge in [-0.2, -0.15) is 0 Å². The highest BCUT2D eigenvalue weighted by Gasteiger charge is 2.45. The largest absolute Gasteiger partial charge is 0.481 e. The lowest BCUT2D eigenvalue weighted by Gasteiger charge is -2.36. The summed E-state index contributed by atoms with van der Waals surface area (Å²) in [6.07, 6.45) is 2.63. The lowest BCUT2D eigenvalue weighted by molar-refractivity contribution is -0.150. The van der Waals surface area contributed by atoms with Crippen molar-refractivity contribution in [1.29, 1.82) is 0 Å². The Morgan fingerprint density at radius 2 is 1.88 bits per heavy atom. The van der Waals surface area contributed by atoms with Crippen LogP contribution in [0.5, 0.6) is 0 Å². The second kappa shape index (κ2) is 6.86. The van der Waals surface area contributed by atoms with Gasteiger partial charge in [0.1, 0.15) is 6.04 Å². The first-order valence-corrected chi connectivity index (χ1v) is 8.79. The molecule has 0 spiro atoms. The van der Waals surface area contributed by atoms with Crippen molar-refractivity contribution in [1.82, 2.24) is 9.80 Å². The third-order valence-corrected chi connectivity index (χ3v) is 5.32. The minimum Gasteiger partial charge on any atom is -0.481 e. The first-order chi connectivity index (χ1) is 11.9. The maximum atomic E-state index is 13.2. The summed E-state index contributed by atoms with van der Waals surface area (Å²) in [7, 11) is 0. The fraction of sp³-hybridized carbons (Fsp3) is 0.526. The molecule has 6 nitrogen and oxygen atoms in total. The number of carbonyl (C=O) groups excluding carboxylic acids is 2. The van der Waals surface area contributed by atoms with Crippen LogP contribution in [0.1, 0.15) is 44.2 Å².